The van der Waals surface area contributed by atoms with Gasteiger partial charge >= 0.3 is 0 Å². The highest BCUT2D eigenvalue weighted by atomic mass is 19.1. The van der Waals surface area contributed by atoms with Crippen molar-refractivity contribution in [2.75, 3.05) is 13.2 Å². The van der Waals surface area contributed by atoms with Crippen LogP contribution in [0.3, 0.4) is 0 Å². The molecule has 1 aromatic carbocycles. The van der Waals surface area contributed by atoms with Crippen LogP contribution >= 0.6 is 0 Å². The molecular formula is C15H15FN2O3. The maximum absolute atomic E-state index is 13.8. The quantitative estimate of drug-likeness (QED) is 0.695. The zero-order chi connectivity index (χ0) is 15.2. The van der Waals surface area contributed by atoms with Crippen LogP contribution in [0.2, 0.25) is 0 Å². The summed E-state index contributed by atoms with van der Waals surface area (Å²) in [5.41, 5.74) is 0.359. The van der Waals surface area contributed by atoms with Gasteiger partial charge in [-0.3, -0.25) is 9.59 Å². The topological polar surface area (TPSA) is 78.4 Å². The Morgan fingerprint density at radius 2 is 2.33 bits per heavy atom. The van der Waals surface area contributed by atoms with Crippen molar-refractivity contribution >= 4 is 11.8 Å². The van der Waals surface area contributed by atoms with Gasteiger partial charge in [-0.1, -0.05) is 11.8 Å². The maximum atomic E-state index is 13.8. The van der Waals surface area contributed by atoms with Gasteiger partial charge in [0.15, 0.2) is 0 Å². The first-order chi connectivity index (χ1) is 10.1. The molecule has 1 atom stereocenters. The number of rotatable bonds is 3. The fourth-order valence-corrected chi connectivity index (χ4v) is 1.95. The van der Waals surface area contributed by atoms with Gasteiger partial charge in [-0.15, -0.1) is 0 Å². The van der Waals surface area contributed by atoms with E-state index in [2.05, 4.69) is 22.5 Å². The summed E-state index contributed by atoms with van der Waals surface area (Å²) in [6, 6.07) is 3.75. The maximum Gasteiger partial charge on any atom is 0.251 e. The standard InChI is InChI=1S/C15H15FN2O3/c16-13-7-11(5-4-10(13)3-1-2-6-19)15(21)18-12-8-14(20)17-9-12/h4-5,7,12,19H,2,6,8-9H2,(H,17,20)(H,18,21). The molecule has 2 amide bonds. The van der Waals surface area contributed by atoms with Crippen molar-refractivity contribution < 1.29 is 19.1 Å². The predicted molar refractivity (Wildman–Crippen MR) is 73.9 cm³/mol. The van der Waals surface area contributed by atoms with Crippen LogP contribution in [-0.2, 0) is 4.79 Å². The zero-order valence-electron chi connectivity index (χ0n) is 11.3. The van der Waals surface area contributed by atoms with Gasteiger partial charge in [-0.05, 0) is 18.2 Å². The largest absolute Gasteiger partial charge is 0.395 e. The van der Waals surface area contributed by atoms with Crippen LogP contribution < -0.4 is 10.6 Å². The number of benzene rings is 1. The lowest BCUT2D eigenvalue weighted by Gasteiger charge is -2.10. The fourth-order valence-electron chi connectivity index (χ4n) is 1.95. The first kappa shape index (κ1) is 15.0. The summed E-state index contributed by atoms with van der Waals surface area (Å²) in [6.45, 7) is 0.307. The number of aliphatic hydroxyl groups is 1. The number of aliphatic hydroxyl groups excluding tert-OH is 1. The zero-order valence-corrected chi connectivity index (χ0v) is 11.3. The molecule has 1 aliphatic rings. The number of nitrogens with one attached hydrogen (secondary N) is 2. The molecule has 0 radical (unpaired) electrons. The summed E-state index contributed by atoms with van der Waals surface area (Å²) in [6.07, 6.45) is 0.503. The Morgan fingerprint density at radius 3 is 2.95 bits per heavy atom. The second kappa shape index (κ2) is 6.86. The Bertz CT molecular complexity index is 619. The number of hydrogen-bond donors (Lipinski definition) is 3. The van der Waals surface area contributed by atoms with E-state index in [1.807, 2.05) is 0 Å². The van der Waals surface area contributed by atoms with E-state index >= 15 is 0 Å². The van der Waals surface area contributed by atoms with Gasteiger partial charge in [0.2, 0.25) is 5.91 Å². The van der Waals surface area contributed by atoms with Gasteiger partial charge in [0, 0.05) is 24.9 Å². The van der Waals surface area contributed by atoms with E-state index in [1.165, 1.54) is 12.1 Å². The Hall–Kier alpha value is -2.39. The second-order valence-corrected chi connectivity index (χ2v) is 4.65. The molecule has 2 rings (SSSR count). The van der Waals surface area contributed by atoms with E-state index in [4.69, 9.17) is 5.11 Å². The third kappa shape index (κ3) is 4.04. The average Bonchev–Trinajstić information content (AvgIpc) is 2.86. The molecule has 0 aliphatic carbocycles. The van der Waals surface area contributed by atoms with E-state index in [0.717, 1.165) is 6.07 Å². The molecule has 1 fully saturated rings. The number of halogens is 1. The smallest absolute Gasteiger partial charge is 0.251 e. The molecule has 1 aromatic rings. The van der Waals surface area contributed by atoms with E-state index in [1.54, 1.807) is 0 Å². The summed E-state index contributed by atoms with van der Waals surface area (Å²) in [7, 11) is 0. The molecule has 1 heterocycles. The third-order valence-electron chi connectivity index (χ3n) is 3.00. The monoisotopic (exact) mass is 290 g/mol. The van der Waals surface area contributed by atoms with Crippen molar-refractivity contribution in [2.24, 2.45) is 0 Å². The van der Waals surface area contributed by atoms with Gasteiger partial charge in [-0.2, -0.15) is 0 Å². The van der Waals surface area contributed by atoms with E-state index < -0.39 is 11.7 Å². The van der Waals surface area contributed by atoms with Crippen molar-refractivity contribution in [1.82, 2.24) is 10.6 Å². The number of hydrogen-bond acceptors (Lipinski definition) is 3. The van der Waals surface area contributed by atoms with Crippen molar-refractivity contribution in [1.29, 1.82) is 0 Å². The molecular weight excluding hydrogens is 275 g/mol. The van der Waals surface area contributed by atoms with Crippen LogP contribution in [0.5, 0.6) is 0 Å². The summed E-state index contributed by atoms with van der Waals surface area (Å²) in [4.78, 5) is 23.0. The normalized spacial score (nSPS) is 16.9. The summed E-state index contributed by atoms with van der Waals surface area (Å²) < 4.78 is 13.8. The Morgan fingerprint density at radius 1 is 1.52 bits per heavy atom. The number of carbonyl (C=O) groups excluding carboxylic acids is 2. The van der Waals surface area contributed by atoms with Gasteiger partial charge in [-0.25, -0.2) is 4.39 Å². The van der Waals surface area contributed by atoms with Crippen molar-refractivity contribution in [3.63, 3.8) is 0 Å². The average molecular weight is 290 g/mol. The molecule has 1 unspecified atom stereocenters. The van der Waals surface area contributed by atoms with Crippen molar-refractivity contribution in [2.45, 2.75) is 18.9 Å². The minimum absolute atomic E-state index is 0.0801. The summed E-state index contributed by atoms with van der Waals surface area (Å²) >= 11 is 0. The van der Waals surface area contributed by atoms with Crippen LogP contribution in [0.15, 0.2) is 18.2 Å². The lowest BCUT2D eigenvalue weighted by Crippen LogP contribution is -2.36. The molecule has 6 heteroatoms. The van der Waals surface area contributed by atoms with Gasteiger partial charge in [0.25, 0.3) is 5.91 Å². The van der Waals surface area contributed by atoms with Crippen molar-refractivity contribution in [3.8, 4) is 11.8 Å². The van der Waals surface area contributed by atoms with Gasteiger partial charge < -0.3 is 15.7 Å². The fraction of sp³-hybridized carbons (Fsp3) is 0.333. The lowest BCUT2D eigenvalue weighted by molar-refractivity contribution is -0.119. The molecule has 0 spiro atoms. The van der Waals surface area contributed by atoms with Crippen LogP contribution in [0.25, 0.3) is 0 Å². The van der Waals surface area contributed by atoms with Crippen LogP contribution in [0.1, 0.15) is 28.8 Å². The van der Waals surface area contributed by atoms with E-state index in [-0.39, 0.29) is 42.5 Å². The molecule has 1 saturated heterocycles. The second-order valence-electron chi connectivity index (χ2n) is 4.65. The lowest BCUT2D eigenvalue weighted by atomic mass is 10.1. The predicted octanol–water partition coefficient (Wildman–Crippen LogP) is 0.178. The molecule has 5 nitrogen and oxygen atoms in total. The number of carbonyl (C=O) groups is 2. The van der Waals surface area contributed by atoms with Gasteiger partial charge in [0.05, 0.1) is 18.2 Å². The Kier molecular flexibility index (Phi) is 4.90. The van der Waals surface area contributed by atoms with Crippen LogP contribution in [0.4, 0.5) is 4.39 Å². The van der Waals surface area contributed by atoms with Crippen molar-refractivity contribution in [3.05, 3.63) is 35.1 Å². The molecule has 0 aromatic heterocycles. The number of amides is 2. The summed E-state index contributed by atoms with van der Waals surface area (Å²) in [5, 5.41) is 13.9. The molecule has 1 aliphatic heterocycles. The summed E-state index contributed by atoms with van der Waals surface area (Å²) in [5.74, 6) is 4.08. The first-order valence-electron chi connectivity index (χ1n) is 6.57. The molecule has 3 N–H and O–H groups in total. The third-order valence-corrected chi connectivity index (χ3v) is 3.00. The molecule has 0 saturated carbocycles. The van der Waals surface area contributed by atoms with E-state index in [9.17, 15) is 14.0 Å². The molecule has 21 heavy (non-hydrogen) atoms. The highest BCUT2D eigenvalue weighted by Gasteiger charge is 2.23. The highest BCUT2D eigenvalue weighted by molar-refractivity contribution is 5.95. The first-order valence-corrected chi connectivity index (χ1v) is 6.57. The molecule has 110 valence electrons. The Labute approximate surface area is 121 Å². The van der Waals surface area contributed by atoms with Crippen LogP contribution in [-0.4, -0.2) is 36.1 Å². The van der Waals surface area contributed by atoms with Crippen LogP contribution in [0, 0.1) is 17.7 Å². The van der Waals surface area contributed by atoms with Gasteiger partial charge in [0.1, 0.15) is 5.82 Å². The Balaban J connectivity index is 2.04. The highest BCUT2D eigenvalue weighted by Crippen LogP contribution is 2.10. The minimum Gasteiger partial charge on any atom is -0.395 e. The molecule has 0 bridgehead atoms. The minimum atomic E-state index is -0.589. The SMILES string of the molecule is O=C1CC(NC(=O)c2ccc(C#CCCO)c(F)c2)CN1. The van der Waals surface area contributed by atoms with E-state index in [0.29, 0.717) is 6.54 Å².